The number of carbonyl (C=O) groups is 1. The molecule has 1 aliphatic heterocycles. The fourth-order valence-corrected chi connectivity index (χ4v) is 4.86. The molecule has 0 aliphatic carbocycles. The minimum Gasteiger partial charge on any atom is -0.360 e. The average Bonchev–Trinajstić information content (AvgIpc) is 3.27. The van der Waals surface area contributed by atoms with Crippen LogP contribution in [0, 0.1) is 5.92 Å². The van der Waals surface area contributed by atoms with Crippen LogP contribution in [0.4, 0.5) is 5.82 Å². The van der Waals surface area contributed by atoms with Gasteiger partial charge >= 0.3 is 0 Å². The molecule has 0 radical (unpaired) electrons. The van der Waals surface area contributed by atoms with Gasteiger partial charge in [-0.15, -0.1) is 0 Å². The number of aromatic nitrogens is 4. The SMILES string of the molecule is CC(Nc1ncnc2cc(C(=O)N3CCCC(CN)C3)c(Cl)cc12)c1nc2cc(Cl)ccc2[nH]1. The van der Waals surface area contributed by atoms with E-state index in [4.69, 9.17) is 28.9 Å². The highest BCUT2D eigenvalue weighted by Gasteiger charge is 2.26. The number of nitrogens with two attached hydrogens (primary N) is 1. The second kappa shape index (κ2) is 9.37. The van der Waals surface area contributed by atoms with Gasteiger partial charge in [0.15, 0.2) is 0 Å². The molecular formula is C24H25Cl2N7O. The van der Waals surface area contributed by atoms with Crippen LogP contribution in [-0.4, -0.2) is 50.4 Å². The number of carbonyl (C=O) groups excluding carboxylic acids is 1. The van der Waals surface area contributed by atoms with Crippen molar-refractivity contribution in [3.05, 3.63) is 58.1 Å². The normalized spacial score (nSPS) is 17.3. The van der Waals surface area contributed by atoms with E-state index >= 15 is 0 Å². The van der Waals surface area contributed by atoms with Crippen molar-refractivity contribution in [2.45, 2.75) is 25.8 Å². The number of imidazole rings is 1. The summed E-state index contributed by atoms with van der Waals surface area (Å²) in [7, 11) is 0. The number of fused-ring (bicyclic) bond motifs is 2. The number of benzene rings is 2. The van der Waals surface area contributed by atoms with Crippen molar-refractivity contribution in [2.24, 2.45) is 11.7 Å². The Morgan fingerprint density at radius 3 is 2.94 bits per heavy atom. The van der Waals surface area contributed by atoms with Crippen LogP contribution in [0.3, 0.4) is 0 Å². The second-order valence-corrected chi connectivity index (χ2v) is 9.56. The van der Waals surface area contributed by atoms with Crippen LogP contribution in [-0.2, 0) is 0 Å². The first-order valence-corrected chi connectivity index (χ1v) is 12.0. The van der Waals surface area contributed by atoms with E-state index in [2.05, 4.69) is 25.3 Å². The standard InChI is InChI=1S/C24H25Cl2N7O/c1-13(22-31-19-5-4-15(25)7-21(19)32-22)30-23-17-8-18(26)16(9-20(17)28-12-29-23)24(34)33-6-2-3-14(10-27)11-33/h4-5,7-9,12-14H,2-3,6,10-11,27H2,1H3,(H,31,32)(H,28,29,30). The number of likely N-dealkylation sites (tertiary alicyclic amines) is 1. The molecule has 2 aromatic heterocycles. The van der Waals surface area contributed by atoms with Crippen molar-refractivity contribution in [3.63, 3.8) is 0 Å². The van der Waals surface area contributed by atoms with E-state index in [-0.39, 0.29) is 11.9 Å². The fraction of sp³-hybridized carbons (Fsp3) is 0.333. The monoisotopic (exact) mass is 497 g/mol. The van der Waals surface area contributed by atoms with Crippen molar-refractivity contribution >= 4 is 56.9 Å². The molecule has 5 rings (SSSR count). The Balaban J connectivity index is 1.42. The van der Waals surface area contributed by atoms with E-state index in [0.717, 1.165) is 35.1 Å². The first-order valence-electron chi connectivity index (χ1n) is 11.3. The zero-order valence-electron chi connectivity index (χ0n) is 18.7. The van der Waals surface area contributed by atoms with Gasteiger partial charge in [0.25, 0.3) is 5.91 Å². The summed E-state index contributed by atoms with van der Waals surface area (Å²) in [5.74, 6) is 1.60. The van der Waals surface area contributed by atoms with Crippen LogP contribution in [0.1, 0.15) is 42.0 Å². The molecule has 0 spiro atoms. The van der Waals surface area contributed by atoms with Gasteiger partial charge in [-0.25, -0.2) is 15.0 Å². The van der Waals surface area contributed by atoms with E-state index in [1.807, 2.05) is 30.0 Å². The summed E-state index contributed by atoms with van der Waals surface area (Å²) < 4.78 is 0. The highest BCUT2D eigenvalue weighted by Crippen LogP contribution is 2.30. The van der Waals surface area contributed by atoms with Gasteiger partial charge in [-0.3, -0.25) is 4.79 Å². The quantitative estimate of drug-likeness (QED) is 0.365. The highest BCUT2D eigenvalue weighted by molar-refractivity contribution is 6.35. The van der Waals surface area contributed by atoms with Crippen LogP contribution < -0.4 is 11.1 Å². The van der Waals surface area contributed by atoms with Gasteiger partial charge in [0.05, 0.1) is 33.2 Å². The van der Waals surface area contributed by atoms with Crippen LogP contribution in [0.5, 0.6) is 0 Å². The number of hydrogen-bond acceptors (Lipinski definition) is 6. The van der Waals surface area contributed by atoms with Crippen molar-refractivity contribution in [1.29, 1.82) is 0 Å². The smallest absolute Gasteiger partial charge is 0.255 e. The molecule has 2 unspecified atom stereocenters. The van der Waals surface area contributed by atoms with Crippen molar-refractivity contribution in [2.75, 3.05) is 25.0 Å². The molecular weight excluding hydrogens is 473 g/mol. The van der Waals surface area contributed by atoms with Crippen LogP contribution >= 0.6 is 23.2 Å². The maximum atomic E-state index is 13.2. The van der Waals surface area contributed by atoms with Crippen molar-refractivity contribution < 1.29 is 4.79 Å². The molecule has 4 aromatic rings. The predicted octanol–water partition coefficient (Wildman–Crippen LogP) is 4.80. The van der Waals surface area contributed by atoms with Gasteiger partial charge in [-0.05, 0) is 62.6 Å². The molecule has 10 heteroatoms. The number of nitrogens with zero attached hydrogens (tertiary/aromatic N) is 4. The Labute approximate surface area is 206 Å². The number of anilines is 1. The number of aromatic amines is 1. The molecule has 3 heterocycles. The molecule has 176 valence electrons. The third kappa shape index (κ3) is 4.41. The Morgan fingerprint density at radius 2 is 2.12 bits per heavy atom. The first-order chi connectivity index (χ1) is 16.4. The number of amides is 1. The lowest BCUT2D eigenvalue weighted by atomic mass is 9.97. The average molecular weight is 498 g/mol. The highest BCUT2D eigenvalue weighted by atomic mass is 35.5. The summed E-state index contributed by atoms with van der Waals surface area (Å²) in [6.45, 7) is 3.92. The number of hydrogen-bond donors (Lipinski definition) is 3. The Morgan fingerprint density at radius 1 is 1.26 bits per heavy atom. The first kappa shape index (κ1) is 22.8. The van der Waals surface area contributed by atoms with E-state index in [1.54, 1.807) is 12.1 Å². The number of piperidine rings is 1. The zero-order valence-corrected chi connectivity index (χ0v) is 20.2. The number of rotatable bonds is 5. The number of nitrogens with one attached hydrogen (secondary N) is 2. The molecule has 1 saturated heterocycles. The van der Waals surface area contributed by atoms with Crippen LogP contribution in [0.25, 0.3) is 21.9 Å². The molecule has 1 aliphatic rings. The lowest BCUT2D eigenvalue weighted by Gasteiger charge is -2.32. The van der Waals surface area contributed by atoms with Gasteiger partial charge in [0, 0.05) is 23.5 Å². The summed E-state index contributed by atoms with van der Waals surface area (Å²) >= 11 is 12.7. The van der Waals surface area contributed by atoms with Crippen molar-refractivity contribution in [3.8, 4) is 0 Å². The molecule has 0 saturated carbocycles. The molecule has 34 heavy (non-hydrogen) atoms. The van der Waals surface area contributed by atoms with E-state index in [9.17, 15) is 4.79 Å². The van der Waals surface area contributed by atoms with Gasteiger partial charge in [0.1, 0.15) is 18.0 Å². The molecule has 1 fully saturated rings. The maximum Gasteiger partial charge on any atom is 0.255 e. The topological polar surface area (TPSA) is 113 Å². The summed E-state index contributed by atoms with van der Waals surface area (Å²) in [6, 6.07) is 8.86. The lowest BCUT2D eigenvalue weighted by Crippen LogP contribution is -2.42. The number of H-pyrrole nitrogens is 1. The third-order valence-electron chi connectivity index (χ3n) is 6.32. The summed E-state index contributed by atoms with van der Waals surface area (Å²) in [5.41, 5.74) is 8.62. The summed E-state index contributed by atoms with van der Waals surface area (Å²) in [5, 5.41) is 5.12. The van der Waals surface area contributed by atoms with Gasteiger partial charge in [0.2, 0.25) is 0 Å². The lowest BCUT2D eigenvalue weighted by molar-refractivity contribution is 0.0678. The molecule has 0 bridgehead atoms. The van der Waals surface area contributed by atoms with E-state index < -0.39 is 0 Å². The molecule has 2 aromatic carbocycles. The van der Waals surface area contributed by atoms with Gasteiger partial charge < -0.3 is 20.9 Å². The van der Waals surface area contributed by atoms with Gasteiger partial charge in [-0.2, -0.15) is 0 Å². The Kier molecular flexibility index (Phi) is 6.29. The molecule has 2 atom stereocenters. The minimum atomic E-state index is -0.175. The largest absolute Gasteiger partial charge is 0.360 e. The van der Waals surface area contributed by atoms with E-state index in [1.165, 1.54) is 6.33 Å². The Hall–Kier alpha value is -2.94. The Bertz CT molecular complexity index is 1370. The van der Waals surface area contributed by atoms with Crippen molar-refractivity contribution in [1.82, 2.24) is 24.8 Å². The fourth-order valence-electron chi connectivity index (χ4n) is 4.45. The second-order valence-electron chi connectivity index (χ2n) is 8.72. The predicted molar refractivity (Wildman–Crippen MR) is 135 cm³/mol. The molecule has 8 nitrogen and oxygen atoms in total. The third-order valence-corrected chi connectivity index (χ3v) is 6.87. The molecule has 4 N–H and O–H groups in total. The summed E-state index contributed by atoms with van der Waals surface area (Å²) in [4.78, 5) is 31.8. The molecule has 1 amide bonds. The zero-order chi connectivity index (χ0) is 23.8. The van der Waals surface area contributed by atoms with Crippen LogP contribution in [0.2, 0.25) is 10.0 Å². The summed E-state index contributed by atoms with van der Waals surface area (Å²) in [6.07, 6.45) is 3.47. The minimum absolute atomic E-state index is 0.0903. The van der Waals surface area contributed by atoms with Crippen LogP contribution in [0.15, 0.2) is 36.7 Å². The number of halogens is 2. The van der Waals surface area contributed by atoms with E-state index in [0.29, 0.717) is 52.5 Å². The maximum absolute atomic E-state index is 13.2. The van der Waals surface area contributed by atoms with Gasteiger partial charge in [-0.1, -0.05) is 23.2 Å².